The second-order valence-corrected chi connectivity index (χ2v) is 39.4. The normalized spacial score (nSPS) is 12.1. The van der Waals surface area contributed by atoms with E-state index in [1.54, 1.807) is 0 Å². The van der Waals surface area contributed by atoms with Crippen LogP contribution in [0, 0.1) is 0 Å². The Hall–Kier alpha value is -19.1. The van der Waals surface area contributed by atoms with Crippen LogP contribution in [0.3, 0.4) is 0 Å². The Bertz CT molecular complexity index is 11300. The lowest BCUT2D eigenvalue weighted by atomic mass is 9.95. The van der Waals surface area contributed by atoms with E-state index in [1.165, 1.54) is 228 Å². The first kappa shape index (κ1) is 80.8. The minimum absolute atomic E-state index is 0.995. The number of fused-ring (bicyclic) bond motifs is 43. The van der Waals surface area contributed by atoms with E-state index < -0.39 is 0 Å². The van der Waals surface area contributed by atoms with Gasteiger partial charge in [0.25, 0.3) is 0 Å². The predicted molar refractivity (Wildman–Crippen MR) is 613 cm³/mol. The third kappa shape index (κ3) is 12.2. The number of thiophene rings is 1. The van der Waals surface area contributed by atoms with Gasteiger partial charge in [-0.3, -0.25) is 13.2 Å². The van der Waals surface area contributed by atoms with Crippen molar-refractivity contribution in [1.82, 2.24) is 41.9 Å². The Morgan fingerprint density at radius 1 is 0.166 bits per heavy atom. The first-order valence-electron chi connectivity index (χ1n) is 49.6. The lowest BCUT2D eigenvalue weighted by Gasteiger charge is -2.15. The van der Waals surface area contributed by atoms with Crippen molar-refractivity contribution in [2.75, 3.05) is 0 Å². The van der Waals surface area contributed by atoms with Crippen LogP contribution in [0.4, 0.5) is 0 Å². The number of benzene rings is 23. The molecule has 33 rings (SSSR count). The molecule has 33 aromatic rings. The van der Waals surface area contributed by atoms with Crippen LogP contribution in [0.5, 0.6) is 0 Å². The fourth-order valence-electron chi connectivity index (χ4n) is 24.2. The summed E-state index contributed by atoms with van der Waals surface area (Å²) in [6.07, 6.45) is 0. The summed E-state index contributed by atoms with van der Waals surface area (Å²) in [7, 11) is 0. The Morgan fingerprint density at radius 3 is 0.979 bits per heavy atom. The number of nitrogens with zero attached hydrogens (tertiary/aromatic N) is 9. The van der Waals surface area contributed by atoms with Crippen LogP contribution in [-0.2, 0) is 0 Å². The highest BCUT2D eigenvalue weighted by Gasteiger charge is 2.27. The van der Waals surface area contributed by atoms with Crippen molar-refractivity contribution in [2.45, 2.75) is 0 Å². The van der Waals surface area contributed by atoms with Crippen LogP contribution in [0.2, 0.25) is 0 Å². The third-order valence-corrected chi connectivity index (χ3v) is 31.8. The molecule has 145 heavy (non-hydrogen) atoms. The molecule has 0 fully saturated rings. The molecule has 0 aliphatic heterocycles. The summed E-state index contributed by atoms with van der Waals surface area (Å²) in [4.78, 5) is 15.6. The molecule has 0 atom stereocenters. The highest BCUT2D eigenvalue weighted by atomic mass is 32.1. The van der Waals surface area contributed by atoms with E-state index in [1.807, 2.05) is 11.3 Å². The third-order valence-electron chi connectivity index (χ3n) is 30.6. The van der Waals surface area contributed by atoms with E-state index in [0.717, 1.165) is 66.9 Å². The SMILES string of the molecule is c1cc(-c2ccc3c(c2)c2ccc4ccccc4c2c2nc4ccccc4n32)cc(-c2cccc3c2sc2ccccc23)c1.c1ccc(-n2c3ccccc3c3cc(-c4ccc(-c5ccc6c(c5)c5ccc7ccccc7c5c5nc7ccccc7n65)cc4)ccc32)cc1.c1ccc(-n2c3ccccc3c3ccc4c5ccccc5n(-c5ccc6c(c5)c5ccc7ccccc7c5c5nc7ccccc7n65)c4c32)cc1. The summed E-state index contributed by atoms with van der Waals surface area (Å²) in [5, 5.41) is 28.4. The summed E-state index contributed by atoms with van der Waals surface area (Å²) < 4.78 is 17.0. The molecular formula is C135H81N9S. The number of hydrogen-bond donors (Lipinski definition) is 0. The van der Waals surface area contributed by atoms with Crippen LogP contribution in [0.1, 0.15) is 0 Å². The fraction of sp³-hybridized carbons (Fsp3) is 0. The fourth-order valence-corrected chi connectivity index (χ4v) is 25.4. The van der Waals surface area contributed by atoms with Gasteiger partial charge in [-0.05, 0) is 239 Å². The standard InChI is InChI=1S/C47H28N4.C47H29N3.C41H24N2S/c1-2-13-30(14-3-1)49-40-19-9-6-16-33(40)36-25-26-37-34-17-7-10-20-41(34)50(46(37)45(36)49)31-23-27-42-38(28-31)35-24-22-29-12-4-5-15-32(29)44(35)47-48-39-18-8-11-21-43(39)51(42)47;1-2-11-35(12-3-1)49-42-16-8-6-14-37(42)39-28-33(23-26-43(39)49)30-18-20-31(21-19-30)34-24-27-44-40(29-34)38-25-22-32-10-4-5-13-36(32)46(38)47-48-41-15-7-9-17-45(41)50(44)47;1-2-12-29-25(9-1)19-21-32-34-24-27(20-22-36(34)43-37-17-5-4-16-35(37)42-41(43)39(29)32)26-10-7-11-28(23-26)30-14-8-15-33-31-13-3-6-18-38(31)44-40(30)33/h1-28H;1-29H;1-24H. The van der Waals surface area contributed by atoms with E-state index in [-0.39, 0.29) is 0 Å². The van der Waals surface area contributed by atoms with Crippen molar-refractivity contribution in [2.24, 2.45) is 0 Å². The lowest BCUT2D eigenvalue weighted by molar-refractivity contribution is 1.15. The molecule has 10 aromatic heterocycles. The molecule has 0 amide bonds. The van der Waals surface area contributed by atoms with Gasteiger partial charge in [-0.15, -0.1) is 11.3 Å². The number of para-hydroxylation sites is 11. The van der Waals surface area contributed by atoms with Crippen LogP contribution in [-0.4, -0.2) is 41.9 Å². The quantitative estimate of drug-likeness (QED) is 0.149. The highest BCUT2D eigenvalue weighted by molar-refractivity contribution is 7.26. The Balaban J connectivity index is 0.0000000993. The van der Waals surface area contributed by atoms with Gasteiger partial charge < -0.3 is 13.7 Å². The zero-order valence-corrected chi connectivity index (χ0v) is 79.0. The van der Waals surface area contributed by atoms with Crippen molar-refractivity contribution in [3.8, 4) is 61.6 Å². The second kappa shape index (κ2) is 31.7. The molecule has 0 aliphatic rings. The average Bonchev–Trinajstić information content (AvgIpc) is 1.67. The minimum Gasteiger partial charge on any atom is -0.309 e. The molecule has 672 valence electrons. The van der Waals surface area contributed by atoms with Crippen molar-refractivity contribution < 1.29 is 0 Å². The van der Waals surface area contributed by atoms with Crippen molar-refractivity contribution in [1.29, 1.82) is 0 Å². The average molecular weight is 1860 g/mol. The molecule has 0 spiro atoms. The van der Waals surface area contributed by atoms with Crippen molar-refractivity contribution >= 4 is 244 Å². The molecule has 0 saturated heterocycles. The van der Waals surface area contributed by atoms with Crippen molar-refractivity contribution in [3.05, 3.63) is 491 Å². The summed E-state index contributed by atoms with van der Waals surface area (Å²) in [5.41, 5.74) is 33.4. The number of rotatable bonds is 7. The van der Waals surface area contributed by atoms with Crippen LogP contribution in [0.15, 0.2) is 491 Å². The van der Waals surface area contributed by atoms with Gasteiger partial charge in [0.2, 0.25) is 0 Å². The van der Waals surface area contributed by atoms with Crippen LogP contribution >= 0.6 is 11.3 Å². The highest BCUT2D eigenvalue weighted by Crippen LogP contribution is 2.49. The van der Waals surface area contributed by atoms with E-state index >= 15 is 0 Å². The molecular weight excluding hydrogens is 1780 g/mol. The summed E-state index contributed by atoms with van der Waals surface area (Å²) in [5.74, 6) is 0. The van der Waals surface area contributed by atoms with E-state index in [2.05, 4.69) is 518 Å². The molecule has 0 radical (unpaired) electrons. The molecule has 10 heteroatoms. The number of pyridine rings is 3. The molecule has 23 aromatic carbocycles. The van der Waals surface area contributed by atoms with Crippen LogP contribution in [0.25, 0.3) is 295 Å². The Kier molecular flexibility index (Phi) is 17.7. The molecule has 9 nitrogen and oxygen atoms in total. The van der Waals surface area contributed by atoms with E-state index in [4.69, 9.17) is 15.0 Å². The van der Waals surface area contributed by atoms with Crippen molar-refractivity contribution in [3.63, 3.8) is 0 Å². The van der Waals surface area contributed by atoms with Gasteiger partial charge in [0.1, 0.15) is 16.9 Å². The Labute approximate surface area is 833 Å². The van der Waals surface area contributed by atoms with Crippen LogP contribution < -0.4 is 0 Å². The van der Waals surface area contributed by atoms with Gasteiger partial charge in [-0.25, -0.2) is 15.0 Å². The maximum absolute atomic E-state index is 5.25. The summed E-state index contributed by atoms with van der Waals surface area (Å²) in [6.45, 7) is 0. The topological polar surface area (TPSA) is 66.7 Å². The largest absolute Gasteiger partial charge is 0.309 e. The van der Waals surface area contributed by atoms with Gasteiger partial charge >= 0.3 is 0 Å². The smallest absolute Gasteiger partial charge is 0.147 e. The number of aromatic nitrogens is 9. The second-order valence-electron chi connectivity index (χ2n) is 38.3. The molecule has 0 aliphatic carbocycles. The zero-order chi connectivity index (χ0) is 94.7. The first-order chi connectivity index (χ1) is 71.9. The number of hydrogen-bond acceptors (Lipinski definition) is 4. The van der Waals surface area contributed by atoms with Gasteiger partial charge in [0, 0.05) is 102 Å². The lowest BCUT2D eigenvalue weighted by Crippen LogP contribution is -1.99. The van der Waals surface area contributed by atoms with Gasteiger partial charge in [-0.2, -0.15) is 0 Å². The van der Waals surface area contributed by atoms with E-state index in [0.29, 0.717) is 0 Å². The zero-order valence-electron chi connectivity index (χ0n) is 78.2. The molecule has 0 N–H and O–H groups in total. The Morgan fingerprint density at radius 2 is 0.490 bits per heavy atom. The minimum atomic E-state index is 0.995. The van der Waals surface area contributed by atoms with Gasteiger partial charge in [0.05, 0.1) is 82.8 Å². The molecule has 0 saturated carbocycles. The maximum atomic E-state index is 5.25. The van der Waals surface area contributed by atoms with Gasteiger partial charge in [-0.1, -0.05) is 346 Å². The summed E-state index contributed by atoms with van der Waals surface area (Å²) in [6, 6.07) is 179. The molecule has 0 unspecified atom stereocenters. The van der Waals surface area contributed by atoms with E-state index in [9.17, 15) is 0 Å². The predicted octanol–water partition coefficient (Wildman–Crippen LogP) is 36.2. The monoisotopic (exact) mass is 1860 g/mol. The number of imidazole rings is 3. The molecule has 0 bridgehead atoms. The first-order valence-corrected chi connectivity index (χ1v) is 50.4. The molecule has 10 heterocycles. The van der Waals surface area contributed by atoms with Gasteiger partial charge in [0.15, 0.2) is 0 Å². The summed E-state index contributed by atoms with van der Waals surface area (Å²) >= 11 is 1.88. The maximum Gasteiger partial charge on any atom is 0.147 e.